The molecule has 7 heteroatoms. The third-order valence-corrected chi connectivity index (χ3v) is 6.91. The first-order chi connectivity index (χ1) is 14.3. The maximum atomic E-state index is 13.4. The van der Waals surface area contributed by atoms with Gasteiger partial charge in [-0.1, -0.05) is 49.9 Å². The molecule has 0 saturated carbocycles. The molecule has 0 aliphatic carbocycles. The van der Waals surface area contributed by atoms with Crippen molar-refractivity contribution in [2.24, 2.45) is 0 Å². The van der Waals surface area contributed by atoms with Crippen LogP contribution in [-0.4, -0.2) is 15.5 Å². The molecule has 3 aromatic rings. The van der Waals surface area contributed by atoms with E-state index in [0.717, 1.165) is 39.5 Å². The van der Waals surface area contributed by atoms with Gasteiger partial charge in [-0.05, 0) is 37.5 Å². The van der Waals surface area contributed by atoms with E-state index in [2.05, 4.69) is 6.92 Å². The summed E-state index contributed by atoms with van der Waals surface area (Å²) in [6.45, 7) is 5.80. The lowest BCUT2D eigenvalue weighted by molar-refractivity contribution is 0.103. The Morgan fingerprint density at radius 1 is 1.27 bits per heavy atom. The van der Waals surface area contributed by atoms with Crippen molar-refractivity contribution in [2.75, 3.05) is 0 Å². The molecule has 5 nitrogen and oxygen atoms in total. The number of aryl methyl sites for hydroxylation is 1. The molecule has 3 rings (SSSR count). The van der Waals surface area contributed by atoms with Crippen LogP contribution in [-0.2, 0) is 6.54 Å². The fourth-order valence-corrected chi connectivity index (χ4v) is 5.12. The van der Waals surface area contributed by atoms with E-state index >= 15 is 0 Å². The van der Waals surface area contributed by atoms with Crippen molar-refractivity contribution in [3.8, 4) is 11.9 Å². The summed E-state index contributed by atoms with van der Waals surface area (Å²) in [6, 6.07) is 7.63. The Kier molecular flexibility index (Phi) is 6.64. The van der Waals surface area contributed by atoms with Gasteiger partial charge in [0.15, 0.2) is 0 Å². The SMILES string of the molecule is CCCCCCn1c(O)c(C(=O)c2sc3cc(C)ccc3c2Cl)c(C)c(C#N)c1=O. The summed E-state index contributed by atoms with van der Waals surface area (Å²) in [4.78, 5) is 26.4. The Morgan fingerprint density at radius 2 is 2.00 bits per heavy atom. The van der Waals surface area contributed by atoms with E-state index in [1.54, 1.807) is 0 Å². The lowest BCUT2D eigenvalue weighted by Crippen LogP contribution is -2.26. The van der Waals surface area contributed by atoms with Gasteiger partial charge in [-0.15, -0.1) is 11.3 Å². The molecule has 2 heterocycles. The van der Waals surface area contributed by atoms with Crippen LogP contribution in [0.5, 0.6) is 5.88 Å². The molecule has 30 heavy (non-hydrogen) atoms. The van der Waals surface area contributed by atoms with Gasteiger partial charge in [0.1, 0.15) is 11.6 Å². The maximum Gasteiger partial charge on any atom is 0.271 e. The maximum absolute atomic E-state index is 13.4. The number of aromatic hydroxyl groups is 1. The van der Waals surface area contributed by atoms with Crippen LogP contribution in [0.2, 0.25) is 5.02 Å². The molecule has 0 radical (unpaired) electrons. The Bertz CT molecular complexity index is 1230. The third kappa shape index (κ3) is 3.88. The lowest BCUT2D eigenvalue weighted by Gasteiger charge is -2.15. The van der Waals surface area contributed by atoms with Gasteiger partial charge in [0.05, 0.1) is 15.5 Å². The second-order valence-corrected chi connectivity index (χ2v) is 8.83. The van der Waals surface area contributed by atoms with Gasteiger partial charge in [-0.25, -0.2) is 0 Å². The number of carbonyl (C=O) groups is 1. The zero-order valence-electron chi connectivity index (χ0n) is 17.2. The van der Waals surface area contributed by atoms with Crippen LogP contribution in [0, 0.1) is 25.2 Å². The number of unbranched alkanes of at least 4 members (excludes halogenated alkanes) is 3. The molecule has 0 aliphatic rings. The molecule has 0 atom stereocenters. The van der Waals surface area contributed by atoms with Crippen LogP contribution in [0.25, 0.3) is 10.1 Å². The standard InChI is InChI=1S/C23H23ClN2O3S/c1-4-5-6-7-10-26-22(28)16(12-25)14(3)18(23(26)29)20(27)21-19(24)15-9-8-13(2)11-17(15)30-21/h8-9,11,29H,4-7,10H2,1-3H3. The first kappa shape index (κ1) is 22.1. The fraction of sp³-hybridized carbons (Fsp3) is 0.348. The van der Waals surface area contributed by atoms with Gasteiger partial charge in [0.2, 0.25) is 11.7 Å². The topological polar surface area (TPSA) is 83.1 Å². The largest absolute Gasteiger partial charge is 0.494 e. The van der Waals surface area contributed by atoms with E-state index in [0.29, 0.717) is 11.4 Å². The van der Waals surface area contributed by atoms with Crippen molar-refractivity contribution < 1.29 is 9.90 Å². The van der Waals surface area contributed by atoms with Gasteiger partial charge in [0, 0.05) is 16.6 Å². The molecule has 0 amide bonds. The van der Waals surface area contributed by atoms with E-state index in [4.69, 9.17) is 11.6 Å². The zero-order valence-corrected chi connectivity index (χ0v) is 18.8. The Labute approximate surface area is 184 Å². The minimum absolute atomic E-state index is 0.0354. The monoisotopic (exact) mass is 442 g/mol. The number of pyridine rings is 1. The number of aromatic nitrogens is 1. The molecule has 0 bridgehead atoms. The number of carbonyl (C=O) groups excluding carboxylic acids is 1. The molecule has 1 N–H and O–H groups in total. The number of hydrogen-bond donors (Lipinski definition) is 1. The lowest BCUT2D eigenvalue weighted by atomic mass is 10.0. The summed E-state index contributed by atoms with van der Waals surface area (Å²) in [6.07, 6.45) is 3.61. The first-order valence-corrected chi connectivity index (χ1v) is 11.1. The minimum atomic E-state index is -0.571. The Morgan fingerprint density at radius 3 is 2.67 bits per heavy atom. The van der Waals surface area contributed by atoms with Crippen LogP contribution in [0.15, 0.2) is 23.0 Å². The van der Waals surface area contributed by atoms with Crippen LogP contribution in [0.1, 0.15) is 64.5 Å². The molecule has 156 valence electrons. The highest BCUT2D eigenvalue weighted by atomic mass is 35.5. The van der Waals surface area contributed by atoms with Gasteiger partial charge in [-0.2, -0.15) is 5.26 Å². The molecular formula is C23H23ClN2O3S. The summed E-state index contributed by atoms with van der Waals surface area (Å²) in [5.41, 5.74) is 0.496. The average Bonchev–Trinajstić information content (AvgIpc) is 3.03. The molecule has 0 saturated heterocycles. The number of nitriles is 1. The van der Waals surface area contributed by atoms with E-state index in [1.807, 2.05) is 31.2 Å². The third-order valence-electron chi connectivity index (χ3n) is 5.25. The molecule has 2 aromatic heterocycles. The van der Waals surface area contributed by atoms with Crippen LogP contribution in [0.3, 0.4) is 0 Å². The highest BCUT2D eigenvalue weighted by Gasteiger charge is 2.28. The second-order valence-electron chi connectivity index (χ2n) is 7.40. The predicted octanol–water partition coefficient (Wildman–Crippen LogP) is 5.72. The average molecular weight is 443 g/mol. The van der Waals surface area contributed by atoms with Gasteiger partial charge < -0.3 is 5.11 Å². The molecule has 0 unspecified atom stereocenters. The smallest absolute Gasteiger partial charge is 0.271 e. The second kappa shape index (κ2) is 9.03. The van der Waals surface area contributed by atoms with Crippen molar-refractivity contribution >= 4 is 38.8 Å². The quantitative estimate of drug-likeness (QED) is 0.374. The van der Waals surface area contributed by atoms with Gasteiger partial charge in [0.25, 0.3) is 5.56 Å². The van der Waals surface area contributed by atoms with Gasteiger partial charge >= 0.3 is 0 Å². The highest BCUT2D eigenvalue weighted by Crippen LogP contribution is 2.38. The molecule has 0 aliphatic heterocycles. The minimum Gasteiger partial charge on any atom is -0.494 e. The molecule has 1 aromatic carbocycles. The molecular weight excluding hydrogens is 420 g/mol. The predicted molar refractivity (Wildman–Crippen MR) is 121 cm³/mol. The van der Waals surface area contributed by atoms with E-state index in [1.165, 1.54) is 18.3 Å². The van der Waals surface area contributed by atoms with Crippen molar-refractivity contribution in [2.45, 2.75) is 53.0 Å². The van der Waals surface area contributed by atoms with Crippen LogP contribution >= 0.6 is 22.9 Å². The summed E-state index contributed by atoms with van der Waals surface area (Å²) < 4.78 is 2.01. The summed E-state index contributed by atoms with van der Waals surface area (Å²) in [7, 11) is 0. The van der Waals surface area contributed by atoms with Crippen molar-refractivity contribution in [1.82, 2.24) is 4.57 Å². The van der Waals surface area contributed by atoms with Crippen LogP contribution in [0.4, 0.5) is 0 Å². The van der Waals surface area contributed by atoms with Crippen LogP contribution < -0.4 is 5.56 Å². The van der Waals surface area contributed by atoms with Crippen molar-refractivity contribution in [3.63, 3.8) is 0 Å². The molecule has 0 spiro atoms. The number of hydrogen-bond acceptors (Lipinski definition) is 5. The Hall–Kier alpha value is -2.62. The van der Waals surface area contributed by atoms with Crippen molar-refractivity contribution in [3.05, 3.63) is 60.7 Å². The summed E-state index contributed by atoms with van der Waals surface area (Å²) in [5.74, 6) is -0.879. The normalized spacial score (nSPS) is 11.0. The Balaban J connectivity index is 2.15. The zero-order chi connectivity index (χ0) is 22.0. The van der Waals surface area contributed by atoms with E-state index in [-0.39, 0.29) is 28.1 Å². The number of nitrogens with zero attached hydrogens (tertiary/aromatic N) is 2. The van der Waals surface area contributed by atoms with Crippen molar-refractivity contribution in [1.29, 1.82) is 5.26 Å². The van der Waals surface area contributed by atoms with E-state index < -0.39 is 17.2 Å². The highest BCUT2D eigenvalue weighted by molar-refractivity contribution is 7.21. The van der Waals surface area contributed by atoms with Gasteiger partial charge in [-0.3, -0.25) is 14.2 Å². The number of halogens is 1. The summed E-state index contributed by atoms with van der Waals surface area (Å²) >= 11 is 7.74. The number of benzene rings is 1. The number of thiophene rings is 1. The number of ketones is 1. The summed E-state index contributed by atoms with van der Waals surface area (Å²) in [5, 5.41) is 21.5. The number of rotatable bonds is 7. The first-order valence-electron chi connectivity index (χ1n) is 9.91. The number of fused-ring (bicyclic) bond motifs is 1. The fourth-order valence-electron chi connectivity index (χ4n) is 3.56. The van der Waals surface area contributed by atoms with E-state index in [9.17, 15) is 20.0 Å². The molecule has 0 fully saturated rings.